The Kier molecular flexibility index (Phi) is 4.41. The zero-order valence-corrected chi connectivity index (χ0v) is 8.87. The predicted molar refractivity (Wildman–Crippen MR) is 39.2 cm³/mol. The van der Waals surface area contributed by atoms with Gasteiger partial charge in [0, 0.05) is 7.11 Å². The summed E-state index contributed by atoms with van der Waals surface area (Å²) in [5, 5.41) is 0. The molecule has 0 rings (SSSR count). The Morgan fingerprint density at radius 1 is 0.706 bits per heavy atom. The zero-order valence-electron chi connectivity index (χ0n) is 8.87. The van der Waals surface area contributed by atoms with Gasteiger partial charge in [-0.05, 0) is 13.8 Å². The molecular weight excluding hydrogens is 265 g/mol. The average molecular weight is 274 g/mol. The smallest absolute Gasteiger partial charge is 0.299 e. The second-order valence-corrected chi connectivity index (χ2v) is 3.32. The monoisotopic (exact) mass is 274 g/mol. The van der Waals surface area contributed by atoms with Crippen molar-refractivity contribution in [1.82, 2.24) is 0 Å². The Morgan fingerprint density at radius 3 is 1.41 bits per heavy atom. The van der Waals surface area contributed by atoms with E-state index in [1.165, 1.54) is 0 Å². The highest BCUT2D eigenvalue weighted by atomic mass is 19.3. The van der Waals surface area contributed by atoms with Crippen molar-refractivity contribution in [3.8, 4) is 0 Å². The van der Waals surface area contributed by atoms with Crippen LogP contribution in [-0.4, -0.2) is 31.5 Å². The maximum absolute atomic E-state index is 12.7. The fraction of sp³-hybridized carbons (Fsp3) is 1.00. The number of alkyl halides is 7. The standard InChI is InChI=1S/C7H9F7O3/c1-4(2,8)5(9,10)16-7(13,14)17-6(11,12)15-3/h1-3H3. The van der Waals surface area contributed by atoms with E-state index in [1.807, 2.05) is 0 Å². The van der Waals surface area contributed by atoms with E-state index in [0.717, 1.165) is 0 Å². The van der Waals surface area contributed by atoms with Crippen LogP contribution < -0.4 is 0 Å². The van der Waals surface area contributed by atoms with Gasteiger partial charge in [-0.25, -0.2) is 13.9 Å². The van der Waals surface area contributed by atoms with Gasteiger partial charge in [0.2, 0.25) is 0 Å². The Labute approximate surface area is 91.4 Å². The summed E-state index contributed by atoms with van der Waals surface area (Å²) in [6.07, 6.45) is -15.3. The molecule has 10 heteroatoms. The number of halogens is 7. The molecule has 0 saturated carbocycles. The lowest BCUT2D eigenvalue weighted by Crippen LogP contribution is -2.49. The third kappa shape index (κ3) is 5.04. The summed E-state index contributed by atoms with van der Waals surface area (Å²) >= 11 is 0. The highest BCUT2D eigenvalue weighted by Crippen LogP contribution is 2.40. The number of hydrogen-bond donors (Lipinski definition) is 0. The largest absolute Gasteiger partial charge is 0.496 e. The maximum atomic E-state index is 12.7. The molecule has 0 saturated heterocycles. The van der Waals surface area contributed by atoms with Crippen LogP contribution in [0.25, 0.3) is 0 Å². The van der Waals surface area contributed by atoms with E-state index >= 15 is 0 Å². The first kappa shape index (κ1) is 16.4. The van der Waals surface area contributed by atoms with Gasteiger partial charge in [0.15, 0.2) is 5.67 Å². The Hall–Kier alpha value is -0.610. The topological polar surface area (TPSA) is 27.7 Å². The van der Waals surface area contributed by atoms with E-state index in [9.17, 15) is 30.7 Å². The number of ether oxygens (including phenoxy) is 3. The van der Waals surface area contributed by atoms with Gasteiger partial charge in [0.1, 0.15) is 0 Å². The number of rotatable bonds is 6. The van der Waals surface area contributed by atoms with Crippen molar-refractivity contribution in [2.24, 2.45) is 0 Å². The third-order valence-corrected chi connectivity index (χ3v) is 1.41. The van der Waals surface area contributed by atoms with Gasteiger partial charge in [-0.1, -0.05) is 0 Å². The molecule has 0 aromatic heterocycles. The fourth-order valence-corrected chi connectivity index (χ4v) is 0.471. The number of hydrogen-bond acceptors (Lipinski definition) is 3. The second-order valence-electron chi connectivity index (χ2n) is 3.32. The van der Waals surface area contributed by atoms with Gasteiger partial charge in [0.25, 0.3) is 0 Å². The summed E-state index contributed by atoms with van der Waals surface area (Å²) < 4.78 is 95.6. The first-order valence-electron chi connectivity index (χ1n) is 4.00. The lowest BCUT2D eigenvalue weighted by molar-refractivity contribution is -0.557. The van der Waals surface area contributed by atoms with Crippen molar-refractivity contribution >= 4 is 0 Å². The quantitative estimate of drug-likeness (QED) is 0.550. The second kappa shape index (κ2) is 4.58. The molecule has 0 spiro atoms. The van der Waals surface area contributed by atoms with Crippen molar-refractivity contribution in [2.75, 3.05) is 7.11 Å². The Morgan fingerprint density at radius 2 is 1.12 bits per heavy atom. The van der Waals surface area contributed by atoms with E-state index in [1.54, 1.807) is 0 Å². The molecule has 0 aromatic rings. The minimum atomic E-state index is -5.44. The maximum Gasteiger partial charge on any atom is 0.496 e. The molecule has 0 aliphatic carbocycles. The molecule has 0 bridgehead atoms. The third-order valence-electron chi connectivity index (χ3n) is 1.41. The van der Waals surface area contributed by atoms with Gasteiger partial charge in [-0.3, -0.25) is 4.74 Å². The van der Waals surface area contributed by atoms with Gasteiger partial charge in [0.05, 0.1) is 0 Å². The van der Waals surface area contributed by atoms with Crippen molar-refractivity contribution in [2.45, 2.75) is 38.2 Å². The minimum Gasteiger partial charge on any atom is -0.299 e. The first-order valence-corrected chi connectivity index (χ1v) is 4.00. The van der Waals surface area contributed by atoms with E-state index in [-0.39, 0.29) is 21.0 Å². The van der Waals surface area contributed by atoms with E-state index in [2.05, 4.69) is 14.2 Å². The molecular formula is C7H9F7O3. The molecule has 0 aromatic carbocycles. The van der Waals surface area contributed by atoms with Crippen LogP contribution in [0, 0.1) is 0 Å². The molecule has 0 N–H and O–H groups in total. The van der Waals surface area contributed by atoms with Crippen LogP contribution in [-0.2, 0) is 14.2 Å². The molecule has 104 valence electrons. The van der Waals surface area contributed by atoms with Gasteiger partial charge in [-0.15, -0.1) is 17.6 Å². The molecule has 0 amide bonds. The Balaban J connectivity index is 4.77. The molecule has 0 aliphatic heterocycles. The van der Waals surface area contributed by atoms with Crippen LogP contribution in [0.2, 0.25) is 0 Å². The van der Waals surface area contributed by atoms with Crippen molar-refractivity contribution in [1.29, 1.82) is 0 Å². The summed E-state index contributed by atoms with van der Waals surface area (Å²) in [5.74, 6) is 0. The normalized spacial score (nSPS) is 15.2. The summed E-state index contributed by atoms with van der Waals surface area (Å²) in [6, 6.07) is 0. The SMILES string of the molecule is COC(F)(F)OC(F)(F)OC(F)(F)C(C)(C)F. The predicted octanol–water partition coefficient (Wildman–Crippen LogP) is 3.11. The van der Waals surface area contributed by atoms with Crippen molar-refractivity contribution in [3.05, 3.63) is 0 Å². The van der Waals surface area contributed by atoms with Crippen molar-refractivity contribution < 1.29 is 44.9 Å². The van der Waals surface area contributed by atoms with Crippen LogP contribution in [0.1, 0.15) is 13.8 Å². The lowest BCUT2D eigenvalue weighted by Gasteiger charge is -2.30. The molecule has 3 nitrogen and oxygen atoms in total. The van der Waals surface area contributed by atoms with Crippen LogP contribution in [0.4, 0.5) is 30.7 Å². The summed E-state index contributed by atoms with van der Waals surface area (Å²) in [7, 11) is 0.285. The molecule has 0 atom stereocenters. The van der Waals surface area contributed by atoms with Crippen LogP contribution in [0.3, 0.4) is 0 Å². The molecule has 0 heterocycles. The molecule has 0 unspecified atom stereocenters. The van der Waals surface area contributed by atoms with Gasteiger partial charge < -0.3 is 0 Å². The van der Waals surface area contributed by atoms with Crippen molar-refractivity contribution in [3.63, 3.8) is 0 Å². The highest BCUT2D eigenvalue weighted by molar-refractivity contribution is 4.77. The summed E-state index contributed by atoms with van der Waals surface area (Å²) in [6.45, 7) is 0.440. The zero-order chi connectivity index (χ0) is 14.1. The van der Waals surface area contributed by atoms with E-state index in [0.29, 0.717) is 0 Å². The summed E-state index contributed by atoms with van der Waals surface area (Å²) in [4.78, 5) is 0. The molecule has 0 radical (unpaired) electrons. The molecule has 17 heavy (non-hydrogen) atoms. The van der Waals surface area contributed by atoms with Crippen LogP contribution in [0.15, 0.2) is 0 Å². The minimum absolute atomic E-state index is 0.220. The average Bonchev–Trinajstić information content (AvgIpc) is 1.97. The summed E-state index contributed by atoms with van der Waals surface area (Å²) in [5.41, 5.74) is -3.53. The van der Waals surface area contributed by atoms with Gasteiger partial charge in [-0.2, -0.15) is 8.78 Å². The molecule has 0 aliphatic rings. The fourth-order valence-electron chi connectivity index (χ4n) is 0.471. The van der Waals surface area contributed by atoms with Gasteiger partial charge >= 0.3 is 18.7 Å². The Bertz CT molecular complexity index is 261. The van der Waals surface area contributed by atoms with Crippen LogP contribution in [0.5, 0.6) is 0 Å². The van der Waals surface area contributed by atoms with Crippen LogP contribution >= 0.6 is 0 Å². The van der Waals surface area contributed by atoms with E-state index in [4.69, 9.17) is 0 Å². The van der Waals surface area contributed by atoms with E-state index < -0.39 is 24.4 Å². The lowest BCUT2D eigenvalue weighted by atomic mass is 10.1. The number of methoxy groups -OCH3 is 1. The molecule has 0 fully saturated rings. The first-order chi connectivity index (χ1) is 7.22. The highest BCUT2D eigenvalue weighted by Gasteiger charge is 2.59.